The fraction of sp³-hybridized carbons (Fsp3) is 0.600. The third kappa shape index (κ3) is 4.75. The zero-order valence-electron chi connectivity index (χ0n) is 9.49. The number of aryl methyl sites for hydroxylation is 1. The van der Waals surface area contributed by atoms with Crippen molar-refractivity contribution in [3.63, 3.8) is 0 Å². The van der Waals surface area contributed by atoms with Gasteiger partial charge in [-0.15, -0.1) is 0 Å². The molecule has 96 valence electrons. The maximum absolute atomic E-state index is 11.7. The highest BCUT2D eigenvalue weighted by atomic mass is 79.9. The number of halogens is 2. The van der Waals surface area contributed by atoms with E-state index in [1.54, 1.807) is 7.11 Å². The SMILES string of the molecule is COCCOCCCn1cnc(Cl)c(Br)c1=O. The summed E-state index contributed by atoms with van der Waals surface area (Å²) in [5.41, 5.74) is -0.179. The van der Waals surface area contributed by atoms with E-state index in [2.05, 4.69) is 20.9 Å². The van der Waals surface area contributed by atoms with Crippen LogP contribution in [0.15, 0.2) is 15.6 Å². The molecular weight excluding hydrogens is 311 g/mol. The van der Waals surface area contributed by atoms with E-state index in [1.165, 1.54) is 10.9 Å². The molecule has 0 bridgehead atoms. The predicted molar refractivity (Wildman–Crippen MR) is 68.5 cm³/mol. The number of methoxy groups -OCH3 is 1. The Labute approximate surface area is 113 Å². The maximum Gasteiger partial charge on any atom is 0.269 e. The van der Waals surface area contributed by atoms with Gasteiger partial charge in [-0.2, -0.15) is 0 Å². The molecule has 0 amide bonds. The van der Waals surface area contributed by atoms with E-state index in [0.717, 1.165) is 6.42 Å². The van der Waals surface area contributed by atoms with Gasteiger partial charge in [0.2, 0.25) is 0 Å². The molecular formula is C10H14BrClN2O3. The molecule has 17 heavy (non-hydrogen) atoms. The molecule has 0 aliphatic rings. The lowest BCUT2D eigenvalue weighted by atomic mass is 10.4. The molecule has 0 unspecified atom stereocenters. The second-order valence-electron chi connectivity index (χ2n) is 3.31. The minimum Gasteiger partial charge on any atom is -0.382 e. The molecule has 0 saturated heterocycles. The molecule has 0 aliphatic heterocycles. The van der Waals surface area contributed by atoms with Crippen molar-refractivity contribution in [1.29, 1.82) is 0 Å². The molecule has 7 heteroatoms. The molecule has 0 radical (unpaired) electrons. The van der Waals surface area contributed by atoms with Crippen molar-refractivity contribution in [3.05, 3.63) is 26.3 Å². The van der Waals surface area contributed by atoms with Crippen LogP contribution in [-0.2, 0) is 16.0 Å². The van der Waals surface area contributed by atoms with Gasteiger partial charge in [0.1, 0.15) is 4.47 Å². The number of rotatable bonds is 7. The standard InChI is InChI=1S/C10H14BrClN2O3/c1-16-5-6-17-4-2-3-14-7-13-9(12)8(11)10(14)15/h7H,2-6H2,1H3. The van der Waals surface area contributed by atoms with Crippen molar-refractivity contribution < 1.29 is 9.47 Å². The maximum atomic E-state index is 11.7. The van der Waals surface area contributed by atoms with Crippen LogP contribution in [0.1, 0.15) is 6.42 Å². The molecule has 1 aromatic heterocycles. The van der Waals surface area contributed by atoms with Crippen LogP contribution in [0.2, 0.25) is 5.15 Å². The van der Waals surface area contributed by atoms with Gasteiger partial charge in [0.05, 0.1) is 19.5 Å². The smallest absolute Gasteiger partial charge is 0.269 e. The molecule has 0 fully saturated rings. The van der Waals surface area contributed by atoms with Gasteiger partial charge in [-0.05, 0) is 22.4 Å². The minimum absolute atomic E-state index is 0.179. The van der Waals surface area contributed by atoms with Crippen molar-refractivity contribution in [2.45, 2.75) is 13.0 Å². The summed E-state index contributed by atoms with van der Waals surface area (Å²) in [6, 6.07) is 0. The van der Waals surface area contributed by atoms with Crippen LogP contribution in [0.5, 0.6) is 0 Å². The molecule has 0 aromatic carbocycles. The van der Waals surface area contributed by atoms with Gasteiger partial charge in [-0.25, -0.2) is 4.98 Å². The predicted octanol–water partition coefficient (Wildman–Crippen LogP) is 1.71. The van der Waals surface area contributed by atoms with Crippen LogP contribution < -0.4 is 5.56 Å². The van der Waals surface area contributed by atoms with Crippen molar-refractivity contribution in [2.24, 2.45) is 0 Å². The molecule has 5 nitrogen and oxygen atoms in total. The van der Waals surface area contributed by atoms with Gasteiger partial charge in [-0.3, -0.25) is 9.36 Å². The summed E-state index contributed by atoms with van der Waals surface area (Å²) in [4.78, 5) is 15.6. The van der Waals surface area contributed by atoms with Gasteiger partial charge in [0.25, 0.3) is 5.56 Å². The molecule has 0 spiro atoms. The normalized spacial score (nSPS) is 10.8. The van der Waals surface area contributed by atoms with Crippen LogP contribution in [0.25, 0.3) is 0 Å². The van der Waals surface area contributed by atoms with E-state index in [1.807, 2.05) is 0 Å². The van der Waals surface area contributed by atoms with Gasteiger partial charge in [0.15, 0.2) is 5.15 Å². The van der Waals surface area contributed by atoms with Crippen molar-refractivity contribution in [3.8, 4) is 0 Å². The zero-order chi connectivity index (χ0) is 12.7. The number of hydrogen-bond donors (Lipinski definition) is 0. The number of ether oxygens (including phenoxy) is 2. The topological polar surface area (TPSA) is 53.4 Å². The Morgan fingerprint density at radius 2 is 2.24 bits per heavy atom. The van der Waals surface area contributed by atoms with Crippen LogP contribution in [-0.4, -0.2) is 36.5 Å². The first-order valence-corrected chi connectivity index (χ1v) is 6.31. The first-order valence-electron chi connectivity index (χ1n) is 5.14. The monoisotopic (exact) mass is 324 g/mol. The highest BCUT2D eigenvalue weighted by Crippen LogP contribution is 2.13. The molecule has 1 heterocycles. The highest BCUT2D eigenvalue weighted by Gasteiger charge is 2.06. The Balaban J connectivity index is 2.37. The summed E-state index contributed by atoms with van der Waals surface area (Å²) in [5.74, 6) is 0. The van der Waals surface area contributed by atoms with Crippen molar-refractivity contribution >= 4 is 27.5 Å². The Morgan fingerprint density at radius 3 is 2.94 bits per heavy atom. The fourth-order valence-electron chi connectivity index (χ4n) is 1.18. The largest absolute Gasteiger partial charge is 0.382 e. The molecule has 1 rings (SSSR count). The molecule has 0 aliphatic carbocycles. The average Bonchev–Trinajstić information content (AvgIpc) is 2.33. The summed E-state index contributed by atoms with van der Waals surface area (Å²) in [7, 11) is 1.62. The summed E-state index contributed by atoms with van der Waals surface area (Å²) >= 11 is 8.79. The second kappa shape index (κ2) is 7.81. The van der Waals surface area contributed by atoms with E-state index < -0.39 is 0 Å². The molecule has 0 atom stereocenters. The Hall–Kier alpha value is -0.430. The van der Waals surface area contributed by atoms with Gasteiger partial charge in [0, 0.05) is 20.3 Å². The van der Waals surface area contributed by atoms with Gasteiger partial charge >= 0.3 is 0 Å². The molecule has 0 N–H and O–H groups in total. The first-order chi connectivity index (χ1) is 8.16. The van der Waals surface area contributed by atoms with E-state index in [-0.39, 0.29) is 10.7 Å². The Bertz CT molecular complexity index is 411. The first kappa shape index (κ1) is 14.6. The summed E-state index contributed by atoms with van der Waals surface area (Å²) in [5, 5.41) is 0.183. The van der Waals surface area contributed by atoms with E-state index in [0.29, 0.717) is 30.8 Å². The van der Waals surface area contributed by atoms with E-state index in [9.17, 15) is 4.79 Å². The van der Waals surface area contributed by atoms with Gasteiger partial charge < -0.3 is 9.47 Å². The van der Waals surface area contributed by atoms with Crippen molar-refractivity contribution in [2.75, 3.05) is 26.9 Å². The summed E-state index contributed by atoms with van der Waals surface area (Å²) in [6.45, 7) is 2.27. The van der Waals surface area contributed by atoms with E-state index >= 15 is 0 Å². The van der Waals surface area contributed by atoms with Crippen molar-refractivity contribution in [1.82, 2.24) is 9.55 Å². The van der Waals surface area contributed by atoms with Crippen LogP contribution in [0.4, 0.5) is 0 Å². The Morgan fingerprint density at radius 1 is 1.47 bits per heavy atom. The highest BCUT2D eigenvalue weighted by molar-refractivity contribution is 9.10. The van der Waals surface area contributed by atoms with Crippen LogP contribution in [0, 0.1) is 0 Å². The quantitative estimate of drug-likeness (QED) is 0.566. The minimum atomic E-state index is -0.179. The molecule has 1 aromatic rings. The summed E-state index contributed by atoms with van der Waals surface area (Å²) < 4.78 is 11.9. The lowest BCUT2D eigenvalue weighted by molar-refractivity contribution is 0.0679. The lowest BCUT2D eigenvalue weighted by Gasteiger charge is -2.06. The number of nitrogens with zero attached hydrogens (tertiary/aromatic N) is 2. The zero-order valence-corrected chi connectivity index (χ0v) is 11.8. The fourth-order valence-corrected chi connectivity index (χ4v) is 1.64. The molecule has 0 saturated carbocycles. The number of hydrogen-bond acceptors (Lipinski definition) is 4. The third-order valence-corrected chi connectivity index (χ3v) is 3.29. The average molecular weight is 326 g/mol. The van der Waals surface area contributed by atoms with Crippen LogP contribution in [0.3, 0.4) is 0 Å². The summed E-state index contributed by atoms with van der Waals surface area (Å²) in [6.07, 6.45) is 2.17. The van der Waals surface area contributed by atoms with Gasteiger partial charge in [-0.1, -0.05) is 11.6 Å². The Kier molecular flexibility index (Phi) is 6.72. The second-order valence-corrected chi connectivity index (χ2v) is 4.46. The third-order valence-electron chi connectivity index (χ3n) is 2.06. The lowest BCUT2D eigenvalue weighted by Crippen LogP contribution is -2.22. The van der Waals surface area contributed by atoms with Crippen LogP contribution >= 0.6 is 27.5 Å². The van der Waals surface area contributed by atoms with E-state index in [4.69, 9.17) is 21.1 Å². The number of aromatic nitrogens is 2.